The van der Waals surface area contributed by atoms with Gasteiger partial charge >= 0.3 is 0 Å². The van der Waals surface area contributed by atoms with Crippen molar-refractivity contribution in [2.45, 2.75) is 37.2 Å². The fourth-order valence-electron chi connectivity index (χ4n) is 2.62. The Balaban J connectivity index is 2.02. The Labute approximate surface area is 144 Å². The van der Waals surface area contributed by atoms with Crippen LogP contribution in [0.4, 0.5) is 4.39 Å². The summed E-state index contributed by atoms with van der Waals surface area (Å²) in [5.74, 6) is -0.248. The van der Waals surface area contributed by atoms with Crippen LogP contribution < -0.4 is 5.56 Å². The molecule has 0 unspecified atom stereocenters. The molecule has 3 aromatic rings. The number of para-hydroxylation sites is 1. The van der Waals surface area contributed by atoms with Crippen molar-refractivity contribution in [1.29, 1.82) is 0 Å². The highest BCUT2D eigenvalue weighted by molar-refractivity contribution is 7.99. The van der Waals surface area contributed by atoms with Gasteiger partial charge in [0.05, 0.1) is 10.9 Å². The molecule has 0 aliphatic carbocycles. The van der Waals surface area contributed by atoms with E-state index in [0.29, 0.717) is 22.6 Å². The smallest absolute Gasteiger partial charge is 0.262 e. The molecular weight excluding hydrogens is 323 g/mol. The number of benzene rings is 2. The standard InChI is InChI=1S/C19H19FN2OS/c1-3-12-22-18(23)16-6-4-5-7-17(16)21-19(22)24-13(2)14-8-10-15(20)11-9-14/h4-11,13H,3,12H2,1-2H3/t13-/m1/s1. The van der Waals surface area contributed by atoms with Gasteiger partial charge in [-0.3, -0.25) is 9.36 Å². The van der Waals surface area contributed by atoms with Gasteiger partial charge in [-0.2, -0.15) is 0 Å². The van der Waals surface area contributed by atoms with Crippen molar-refractivity contribution in [2.75, 3.05) is 0 Å². The van der Waals surface area contributed by atoms with Crippen LogP contribution in [0.3, 0.4) is 0 Å². The molecule has 0 spiro atoms. The first kappa shape index (κ1) is 16.7. The second-order valence-electron chi connectivity index (χ2n) is 5.68. The van der Waals surface area contributed by atoms with Crippen molar-refractivity contribution in [3.05, 3.63) is 70.3 Å². The van der Waals surface area contributed by atoms with Gasteiger partial charge in [-0.1, -0.05) is 43.0 Å². The van der Waals surface area contributed by atoms with Gasteiger partial charge in [-0.15, -0.1) is 0 Å². The highest BCUT2D eigenvalue weighted by Gasteiger charge is 2.15. The fraction of sp³-hybridized carbons (Fsp3) is 0.263. The average Bonchev–Trinajstić information content (AvgIpc) is 2.59. The number of thioether (sulfide) groups is 1. The van der Waals surface area contributed by atoms with Crippen molar-refractivity contribution in [2.24, 2.45) is 0 Å². The van der Waals surface area contributed by atoms with E-state index in [1.54, 1.807) is 16.7 Å². The van der Waals surface area contributed by atoms with Crippen molar-refractivity contribution in [3.8, 4) is 0 Å². The number of rotatable bonds is 5. The Kier molecular flexibility index (Phi) is 5.00. The molecule has 1 heterocycles. The lowest BCUT2D eigenvalue weighted by Gasteiger charge is -2.16. The third kappa shape index (κ3) is 3.36. The van der Waals surface area contributed by atoms with Crippen LogP contribution in [0.15, 0.2) is 58.5 Å². The normalized spacial score (nSPS) is 12.5. The first-order valence-electron chi connectivity index (χ1n) is 8.02. The highest BCUT2D eigenvalue weighted by Crippen LogP contribution is 2.33. The number of fused-ring (bicyclic) bond motifs is 1. The van der Waals surface area contributed by atoms with E-state index in [2.05, 4.69) is 4.98 Å². The van der Waals surface area contributed by atoms with Crippen LogP contribution in [0.2, 0.25) is 0 Å². The SMILES string of the molecule is CCCn1c(S[C@H](C)c2ccc(F)cc2)nc2ccccc2c1=O. The molecule has 0 bridgehead atoms. The minimum absolute atomic E-state index is 0.00347. The molecule has 0 aliphatic heterocycles. The van der Waals surface area contributed by atoms with Crippen molar-refractivity contribution in [1.82, 2.24) is 9.55 Å². The van der Waals surface area contributed by atoms with Gasteiger partial charge in [0.15, 0.2) is 5.16 Å². The van der Waals surface area contributed by atoms with Crippen LogP contribution in [0.5, 0.6) is 0 Å². The highest BCUT2D eigenvalue weighted by atomic mass is 32.2. The van der Waals surface area contributed by atoms with Gasteiger partial charge < -0.3 is 0 Å². The van der Waals surface area contributed by atoms with Crippen molar-refractivity contribution >= 4 is 22.7 Å². The van der Waals surface area contributed by atoms with E-state index in [9.17, 15) is 9.18 Å². The maximum atomic E-state index is 13.1. The number of aromatic nitrogens is 2. The third-order valence-electron chi connectivity index (χ3n) is 3.90. The van der Waals surface area contributed by atoms with E-state index in [1.165, 1.54) is 23.9 Å². The number of halogens is 1. The molecule has 3 rings (SSSR count). The van der Waals surface area contributed by atoms with Crippen LogP contribution >= 0.6 is 11.8 Å². The summed E-state index contributed by atoms with van der Waals surface area (Å²) in [5, 5.41) is 1.42. The molecule has 0 saturated heterocycles. The number of nitrogens with zero attached hydrogens (tertiary/aromatic N) is 2. The molecule has 0 saturated carbocycles. The zero-order chi connectivity index (χ0) is 17.1. The minimum atomic E-state index is -0.248. The summed E-state index contributed by atoms with van der Waals surface area (Å²) in [6.45, 7) is 4.71. The van der Waals surface area contributed by atoms with Crippen LogP contribution in [0, 0.1) is 5.82 Å². The second-order valence-corrected chi connectivity index (χ2v) is 6.99. The monoisotopic (exact) mass is 342 g/mol. The summed E-state index contributed by atoms with van der Waals surface area (Å²) in [6.07, 6.45) is 0.860. The zero-order valence-electron chi connectivity index (χ0n) is 13.7. The molecule has 0 amide bonds. The lowest BCUT2D eigenvalue weighted by atomic mass is 10.2. The third-order valence-corrected chi connectivity index (χ3v) is 5.04. The Hall–Kier alpha value is -2.14. The zero-order valence-corrected chi connectivity index (χ0v) is 14.5. The quantitative estimate of drug-likeness (QED) is 0.493. The first-order valence-corrected chi connectivity index (χ1v) is 8.90. The summed E-state index contributed by atoms with van der Waals surface area (Å²) in [4.78, 5) is 17.5. The second kappa shape index (κ2) is 7.18. The van der Waals surface area contributed by atoms with Crippen LogP contribution in [-0.4, -0.2) is 9.55 Å². The fourth-order valence-corrected chi connectivity index (χ4v) is 3.68. The molecule has 0 radical (unpaired) electrons. The molecule has 3 nitrogen and oxygen atoms in total. The summed E-state index contributed by atoms with van der Waals surface area (Å²) >= 11 is 1.53. The Bertz CT molecular complexity index is 905. The van der Waals surface area contributed by atoms with Crippen molar-refractivity contribution in [3.63, 3.8) is 0 Å². The van der Waals surface area contributed by atoms with Gasteiger partial charge in [0.2, 0.25) is 0 Å². The minimum Gasteiger partial charge on any atom is -0.287 e. The summed E-state index contributed by atoms with van der Waals surface area (Å²) in [7, 11) is 0. The van der Waals surface area contributed by atoms with Crippen LogP contribution in [0.1, 0.15) is 31.1 Å². The van der Waals surface area contributed by atoms with Gasteiger partial charge in [0.1, 0.15) is 5.82 Å². The molecule has 0 N–H and O–H groups in total. The van der Waals surface area contributed by atoms with Gasteiger partial charge in [0, 0.05) is 11.8 Å². The molecule has 2 aromatic carbocycles. The molecule has 1 atom stereocenters. The number of hydrogen-bond acceptors (Lipinski definition) is 3. The molecule has 0 aliphatic rings. The van der Waals surface area contributed by atoms with Gasteiger partial charge in [0.25, 0.3) is 5.56 Å². The Morgan fingerprint density at radius 2 is 1.88 bits per heavy atom. The Morgan fingerprint density at radius 1 is 1.17 bits per heavy atom. The molecule has 0 fully saturated rings. The lowest BCUT2D eigenvalue weighted by Crippen LogP contribution is -2.23. The van der Waals surface area contributed by atoms with Crippen LogP contribution in [-0.2, 0) is 6.54 Å². The summed E-state index contributed by atoms with van der Waals surface area (Å²) in [6, 6.07) is 13.9. The van der Waals surface area contributed by atoms with E-state index >= 15 is 0 Å². The maximum Gasteiger partial charge on any atom is 0.262 e. The molecular formula is C19H19FN2OS. The lowest BCUT2D eigenvalue weighted by molar-refractivity contribution is 0.584. The predicted molar refractivity (Wildman–Crippen MR) is 97.0 cm³/mol. The van der Waals surface area contributed by atoms with Gasteiger partial charge in [-0.25, -0.2) is 9.37 Å². The predicted octanol–water partition coefficient (Wildman–Crippen LogP) is 4.80. The number of hydrogen-bond donors (Lipinski definition) is 0. The maximum absolute atomic E-state index is 13.1. The molecule has 124 valence electrons. The van der Waals surface area contributed by atoms with E-state index in [-0.39, 0.29) is 16.6 Å². The average molecular weight is 342 g/mol. The topological polar surface area (TPSA) is 34.9 Å². The first-order chi connectivity index (χ1) is 11.6. The van der Waals surface area contributed by atoms with E-state index in [1.807, 2.05) is 38.1 Å². The Morgan fingerprint density at radius 3 is 2.58 bits per heavy atom. The molecule has 1 aromatic heterocycles. The largest absolute Gasteiger partial charge is 0.287 e. The van der Waals surface area contributed by atoms with Gasteiger partial charge in [-0.05, 0) is 43.2 Å². The van der Waals surface area contributed by atoms with E-state index in [0.717, 1.165) is 12.0 Å². The van der Waals surface area contributed by atoms with Crippen LogP contribution in [0.25, 0.3) is 10.9 Å². The summed E-state index contributed by atoms with van der Waals surface area (Å²) in [5.41, 5.74) is 1.71. The molecule has 24 heavy (non-hydrogen) atoms. The summed E-state index contributed by atoms with van der Waals surface area (Å²) < 4.78 is 14.8. The van der Waals surface area contributed by atoms with E-state index in [4.69, 9.17) is 0 Å². The van der Waals surface area contributed by atoms with E-state index < -0.39 is 0 Å². The molecule has 5 heteroatoms. The van der Waals surface area contributed by atoms with Crippen molar-refractivity contribution < 1.29 is 4.39 Å².